The standard InChI is InChI=1S/C10H13N3O/c1-13-7-8(6-12-13)5-11-9-2-3-10(14)4-9/h4,6-7,11H,2-3,5H2,1H3. The maximum Gasteiger partial charge on any atom is 0.157 e. The number of rotatable bonds is 3. The second kappa shape index (κ2) is 3.65. The molecule has 74 valence electrons. The van der Waals surface area contributed by atoms with Crippen LogP contribution in [0.4, 0.5) is 0 Å². The summed E-state index contributed by atoms with van der Waals surface area (Å²) < 4.78 is 1.77. The lowest BCUT2D eigenvalue weighted by atomic mass is 10.3. The molecule has 4 heteroatoms. The number of nitrogens with one attached hydrogen (secondary N) is 1. The first-order valence-corrected chi connectivity index (χ1v) is 4.69. The number of carbonyl (C=O) groups is 1. The SMILES string of the molecule is Cn1cc(CNC2=CC(=O)CC2)cn1. The molecule has 0 saturated heterocycles. The molecule has 1 aliphatic rings. The second-order valence-electron chi connectivity index (χ2n) is 3.51. The van der Waals surface area contributed by atoms with Gasteiger partial charge in [-0.25, -0.2) is 0 Å². The number of aromatic nitrogens is 2. The fourth-order valence-electron chi connectivity index (χ4n) is 1.51. The molecule has 2 rings (SSSR count). The van der Waals surface area contributed by atoms with Crippen molar-refractivity contribution in [3.63, 3.8) is 0 Å². The Hall–Kier alpha value is -1.58. The van der Waals surface area contributed by atoms with Crippen LogP contribution in [0.15, 0.2) is 24.2 Å². The van der Waals surface area contributed by atoms with Crippen LogP contribution in [0.5, 0.6) is 0 Å². The molecule has 1 aromatic rings. The molecular formula is C10H13N3O. The molecule has 1 N–H and O–H groups in total. The van der Waals surface area contributed by atoms with E-state index in [9.17, 15) is 4.79 Å². The van der Waals surface area contributed by atoms with Gasteiger partial charge < -0.3 is 5.32 Å². The van der Waals surface area contributed by atoms with Gasteiger partial charge in [-0.1, -0.05) is 0 Å². The first-order chi connectivity index (χ1) is 6.74. The maximum absolute atomic E-state index is 10.9. The molecule has 4 nitrogen and oxygen atoms in total. The third-order valence-corrected chi connectivity index (χ3v) is 2.25. The number of hydrogen-bond acceptors (Lipinski definition) is 3. The zero-order valence-electron chi connectivity index (χ0n) is 8.16. The van der Waals surface area contributed by atoms with Gasteiger partial charge in [0.2, 0.25) is 0 Å². The Bertz CT molecular complexity index is 378. The molecule has 0 bridgehead atoms. The highest BCUT2D eigenvalue weighted by atomic mass is 16.1. The Balaban J connectivity index is 1.89. The molecule has 0 atom stereocenters. The van der Waals surface area contributed by atoms with Crippen LogP contribution in [0.2, 0.25) is 0 Å². The van der Waals surface area contributed by atoms with Crippen molar-refractivity contribution in [3.05, 3.63) is 29.7 Å². The first kappa shape index (κ1) is 8.99. The van der Waals surface area contributed by atoms with Gasteiger partial charge in [0.25, 0.3) is 0 Å². The van der Waals surface area contributed by atoms with E-state index in [1.807, 2.05) is 19.4 Å². The van der Waals surface area contributed by atoms with Crippen molar-refractivity contribution < 1.29 is 4.79 Å². The summed E-state index contributed by atoms with van der Waals surface area (Å²) in [5, 5.41) is 7.30. The van der Waals surface area contributed by atoms with Gasteiger partial charge in [-0.2, -0.15) is 5.10 Å². The Morgan fingerprint density at radius 1 is 1.57 bits per heavy atom. The van der Waals surface area contributed by atoms with Gasteiger partial charge in [0.15, 0.2) is 5.78 Å². The van der Waals surface area contributed by atoms with Crippen molar-refractivity contribution in [1.82, 2.24) is 15.1 Å². The minimum absolute atomic E-state index is 0.221. The molecule has 1 heterocycles. The van der Waals surface area contributed by atoms with Gasteiger partial charge in [-0.15, -0.1) is 0 Å². The lowest BCUT2D eigenvalue weighted by molar-refractivity contribution is -0.114. The number of carbonyl (C=O) groups excluding carboxylic acids is 1. The zero-order chi connectivity index (χ0) is 9.97. The first-order valence-electron chi connectivity index (χ1n) is 4.69. The average molecular weight is 191 g/mol. The highest BCUT2D eigenvalue weighted by Gasteiger charge is 2.11. The van der Waals surface area contributed by atoms with E-state index in [0.717, 1.165) is 24.2 Å². The minimum Gasteiger partial charge on any atom is -0.384 e. The Morgan fingerprint density at radius 2 is 2.43 bits per heavy atom. The lowest BCUT2D eigenvalue weighted by Crippen LogP contribution is -2.10. The number of hydrogen-bond donors (Lipinski definition) is 1. The van der Waals surface area contributed by atoms with Crippen LogP contribution < -0.4 is 5.32 Å². The highest BCUT2D eigenvalue weighted by Crippen LogP contribution is 2.12. The van der Waals surface area contributed by atoms with Crippen molar-refractivity contribution in [2.45, 2.75) is 19.4 Å². The third-order valence-electron chi connectivity index (χ3n) is 2.25. The highest BCUT2D eigenvalue weighted by molar-refractivity contribution is 5.92. The molecule has 14 heavy (non-hydrogen) atoms. The Morgan fingerprint density at radius 3 is 3.00 bits per heavy atom. The van der Waals surface area contributed by atoms with Gasteiger partial charge in [-0.3, -0.25) is 9.48 Å². The maximum atomic E-state index is 10.9. The van der Waals surface area contributed by atoms with Gasteiger partial charge >= 0.3 is 0 Å². The van der Waals surface area contributed by atoms with Gasteiger partial charge in [0, 0.05) is 43.5 Å². The molecular weight excluding hydrogens is 178 g/mol. The molecule has 1 aliphatic carbocycles. The predicted octanol–water partition coefficient (Wildman–Crippen LogP) is 0.756. The van der Waals surface area contributed by atoms with Crippen LogP contribution in [0.1, 0.15) is 18.4 Å². The van der Waals surface area contributed by atoms with E-state index in [1.165, 1.54) is 0 Å². The molecule has 0 unspecified atom stereocenters. The molecule has 0 fully saturated rings. The van der Waals surface area contributed by atoms with Crippen LogP contribution >= 0.6 is 0 Å². The van der Waals surface area contributed by atoms with E-state index in [4.69, 9.17) is 0 Å². The van der Waals surface area contributed by atoms with E-state index >= 15 is 0 Å². The quantitative estimate of drug-likeness (QED) is 0.767. The topological polar surface area (TPSA) is 46.9 Å². The summed E-state index contributed by atoms with van der Waals surface area (Å²) in [6.45, 7) is 0.743. The molecule has 1 aromatic heterocycles. The number of aryl methyl sites for hydroxylation is 1. The molecule has 0 aromatic carbocycles. The van der Waals surface area contributed by atoms with Crippen molar-refractivity contribution in [2.75, 3.05) is 0 Å². The minimum atomic E-state index is 0.221. The summed E-state index contributed by atoms with van der Waals surface area (Å²) >= 11 is 0. The van der Waals surface area contributed by atoms with E-state index in [0.29, 0.717) is 6.42 Å². The van der Waals surface area contributed by atoms with E-state index < -0.39 is 0 Å². The van der Waals surface area contributed by atoms with Crippen LogP contribution in [0, 0.1) is 0 Å². The summed E-state index contributed by atoms with van der Waals surface area (Å²) in [6, 6.07) is 0. The van der Waals surface area contributed by atoms with E-state index in [1.54, 1.807) is 10.8 Å². The van der Waals surface area contributed by atoms with Gasteiger partial charge in [-0.05, 0) is 6.42 Å². The zero-order valence-corrected chi connectivity index (χ0v) is 8.16. The Labute approximate surface area is 82.6 Å². The predicted molar refractivity (Wildman–Crippen MR) is 52.4 cm³/mol. The lowest BCUT2D eigenvalue weighted by Gasteiger charge is -2.03. The van der Waals surface area contributed by atoms with Crippen molar-refractivity contribution in [2.24, 2.45) is 7.05 Å². The molecule has 0 spiro atoms. The molecule has 0 radical (unpaired) electrons. The average Bonchev–Trinajstić information content (AvgIpc) is 2.72. The summed E-state index contributed by atoms with van der Waals surface area (Å²) in [6.07, 6.45) is 6.97. The Kier molecular flexibility index (Phi) is 2.35. The van der Waals surface area contributed by atoms with Crippen LogP contribution in [0.3, 0.4) is 0 Å². The monoisotopic (exact) mass is 191 g/mol. The van der Waals surface area contributed by atoms with Crippen LogP contribution in [-0.4, -0.2) is 15.6 Å². The summed E-state index contributed by atoms with van der Waals surface area (Å²) in [4.78, 5) is 10.9. The van der Waals surface area contributed by atoms with E-state index in [-0.39, 0.29) is 5.78 Å². The smallest absolute Gasteiger partial charge is 0.157 e. The van der Waals surface area contributed by atoms with Crippen molar-refractivity contribution in [1.29, 1.82) is 0 Å². The summed E-state index contributed by atoms with van der Waals surface area (Å²) in [5.74, 6) is 0.221. The van der Waals surface area contributed by atoms with Crippen molar-refractivity contribution in [3.8, 4) is 0 Å². The van der Waals surface area contributed by atoms with Gasteiger partial charge in [0.1, 0.15) is 0 Å². The largest absolute Gasteiger partial charge is 0.384 e. The fourth-order valence-corrected chi connectivity index (χ4v) is 1.51. The van der Waals surface area contributed by atoms with Crippen LogP contribution in [0.25, 0.3) is 0 Å². The summed E-state index contributed by atoms with van der Waals surface area (Å²) in [7, 11) is 1.89. The third kappa shape index (κ3) is 2.02. The normalized spacial score (nSPS) is 15.8. The number of nitrogens with zero attached hydrogens (tertiary/aromatic N) is 2. The van der Waals surface area contributed by atoms with Crippen molar-refractivity contribution >= 4 is 5.78 Å². The molecule has 0 aliphatic heterocycles. The second-order valence-corrected chi connectivity index (χ2v) is 3.51. The fraction of sp³-hybridized carbons (Fsp3) is 0.400. The summed E-state index contributed by atoms with van der Waals surface area (Å²) in [5.41, 5.74) is 2.17. The van der Waals surface area contributed by atoms with Crippen LogP contribution in [-0.2, 0) is 18.4 Å². The molecule has 0 amide bonds. The molecule has 0 saturated carbocycles. The number of allylic oxidation sites excluding steroid dienone is 2. The van der Waals surface area contributed by atoms with E-state index in [2.05, 4.69) is 10.4 Å². The number of ketones is 1. The van der Waals surface area contributed by atoms with Gasteiger partial charge in [0.05, 0.1) is 6.20 Å².